The summed E-state index contributed by atoms with van der Waals surface area (Å²) in [5, 5.41) is 3.21. The molecule has 0 saturated heterocycles. The van der Waals surface area contributed by atoms with Crippen LogP contribution < -0.4 is 24.0 Å². The van der Waals surface area contributed by atoms with Crippen LogP contribution >= 0.6 is 11.6 Å². The summed E-state index contributed by atoms with van der Waals surface area (Å²) in [5.41, 5.74) is 2.99. The van der Waals surface area contributed by atoms with Gasteiger partial charge in [0.2, 0.25) is 5.91 Å². The number of hydrogen-bond donors (Lipinski definition) is 1. The van der Waals surface area contributed by atoms with Crippen molar-refractivity contribution in [2.75, 3.05) is 29.4 Å². The van der Waals surface area contributed by atoms with Gasteiger partial charge in [-0.05, 0) is 66.9 Å². The number of hydrogen-bond acceptors (Lipinski definition) is 6. The van der Waals surface area contributed by atoms with Crippen molar-refractivity contribution < 1.29 is 27.5 Å². The van der Waals surface area contributed by atoms with Crippen LogP contribution in [0, 0.1) is 13.8 Å². The molecule has 5 rings (SSSR count). The summed E-state index contributed by atoms with van der Waals surface area (Å²) in [5.74, 6) is -0.493. The summed E-state index contributed by atoms with van der Waals surface area (Å²) in [7, 11) is -2.95. The molecule has 1 atom stereocenters. The van der Waals surface area contributed by atoms with E-state index in [9.17, 15) is 18.0 Å². The second-order valence-corrected chi connectivity index (χ2v) is 12.6. The molecule has 11 heteroatoms. The number of carbonyl (C=O) groups excluding carboxylic acids is 2. The number of para-hydroxylation sites is 2. The second kappa shape index (κ2) is 13.0. The number of methoxy groups -OCH3 is 1. The Bertz CT molecular complexity index is 1800. The Balaban J connectivity index is 1.48. The molecule has 0 fully saturated rings. The third kappa shape index (κ3) is 6.51. The molecule has 0 aliphatic carbocycles. The molecule has 0 radical (unpaired) electrons. The maximum atomic E-state index is 14.3. The minimum Gasteiger partial charge on any atom is -0.495 e. The van der Waals surface area contributed by atoms with Crippen molar-refractivity contribution in [3.05, 3.63) is 113 Å². The van der Waals surface area contributed by atoms with Crippen LogP contribution in [0.3, 0.4) is 0 Å². The Kier molecular flexibility index (Phi) is 9.12. The molecule has 1 aliphatic heterocycles. The number of nitrogens with zero attached hydrogens (tertiary/aromatic N) is 2. The first-order chi connectivity index (χ1) is 21.1. The van der Waals surface area contributed by atoms with Gasteiger partial charge in [-0.25, -0.2) is 8.42 Å². The predicted octanol–water partition coefficient (Wildman–Crippen LogP) is 5.27. The maximum absolute atomic E-state index is 14.3. The van der Waals surface area contributed by atoms with Crippen molar-refractivity contribution in [2.45, 2.75) is 31.4 Å². The first-order valence-corrected chi connectivity index (χ1v) is 15.7. The van der Waals surface area contributed by atoms with Crippen molar-refractivity contribution in [3.63, 3.8) is 0 Å². The van der Waals surface area contributed by atoms with Gasteiger partial charge in [-0.15, -0.1) is 0 Å². The van der Waals surface area contributed by atoms with E-state index in [1.54, 1.807) is 62.4 Å². The number of nitrogens with one attached hydrogen (secondary N) is 1. The molecule has 0 saturated carbocycles. The second-order valence-electron chi connectivity index (χ2n) is 10.4. The fourth-order valence-electron chi connectivity index (χ4n) is 4.87. The van der Waals surface area contributed by atoms with E-state index in [0.717, 1.165) is 15.4 Å². The van der Waals surface area contributed by atoms with Gasteiger partial charge in [-0.1, -0.05) is 66.2 Å². The number of halogens is 1. The summed E-state index contributed by atoms with van der Waals surface area (Å²) in [6.45, 7) is 3.16. The minimum absolute atomic E-state index is 0.0926. The van der Waals surface area contributed by atoms with E-state index in [0.29, 0.717) is 22.0 Å². The number of anilines is 2. The Labute approximate surface area is 262 Å². The maximum Gasteiger partial charge on any atom is 0.268 e. The number of benzene rings is 4. The molecule has 44 heavy (non-hydrogen) atoms. The first-order valence-electron chi connectivity index (χ1n) is 13.9. The molecule has 1 heterocycles. The third-order valence-electron chi connectivity index (χ3n) is 7.29. The van der Waals surface area contributed by atoms with Gasteiger partial charge < -0.3 is 19.7 Å². The van der Waals surface area contributed by atoms with Gasteiger partial charge in [0.05, 0.1) is 25.0 Å². The quantitative estimate of drug-likeness (QED) is 0.269. The van der Waals surface area contributed by atoms with Crippen molar-refractivity contribution in [1.82, 2.24) is 5.32 Å². The number of rotatable bonds is 9. The highest BCUT2D eigenvalue weighted by molar-refractivity contribution is 7.93. The fourth-order valence-corrected chi connectivity index (χ4v) is 6.69. The van der Waals surface area contributed by atoms with Gasteiger partial charge in [0.1, 0.15) is 22.9 Å². The van der Waals surface area contributed by atoms with E-state index < -0.39 is 34.5 Å². The van der Waals surface area contributed by atoms with Crippen LogP contribution in [-0.2, 0) is 26.2 Å². The van der Waals surface area contributed by atoms with Crippen molar-refractivity contribution in [1.29, 1.82) is 0 Å². The van der Waals surface area contributed by atoms with Gasteiger partial charge in [-0.3, -0.25) is 13.9 Å². The van der Waals surface area contributed by atoms with Crippen LogP contribution in [0.4, 0.5) is 11.4 Å². The van der Waals surface area contributed by atoms with Crippen molar-refractivity contribution in [2.24, 2.45) is 0 Å². The Hall–Kier alpha value is -4.54. The minimum atomic E-state index is -4.34. The summed E-state index contributed by atoms with van der Waals surface area (Å²) in [4.78, 5) is 28.6. The molecule has 0 unspecified atom stereocenters. The van der Waals surface area contributed by atoms with Crippen LogP contribution in [0.15, 0.2) is 95.9 Å². The van der Waals surface area contributed by atoms with E-state index >= 15 is 0 Å². The Morgan fingerprint density at radius 3 is 2.45 bits per heavy atom. The molecule has 1 N–H and O–H groups in total. The van der Waals surface area contributed by atoms with Crippen molar-refractivity contribution in [3.8, 4) is 11.5 Å². The van der Waals surface area contributed by atoms with Crippen LogP contribution in [0.25, 0.3) is 0 Å². The smallest absolute Gasteiger partial charge is 0.268 e. The average Bonchev–Trinajstić information content (AvgIpc) is 3.03. The molecule has 4 aromatic carbocycles. The standard InChI is InChI=1S/C33H32ClN3O6S/c1-22-13-16-29(42-3)31(17-22)44(40,41)37(25-15-14-23(2)26(34)18-25)21-32(38)36-20-30(43-28-12-8-7-11-27(28)36)33(39)35-19-24-9-5-4-6-10-24/h4-18,30H,19-21H2,1-3H3,(H,35,39)/t30-/m1/s1. The topological polar surface area (TPSA) is 105 Å². The molecule has 228 valence electrons. The molecule has 2 amide bonds. The van der Waals surface area contributed by atoms with Crippen LogP contribution in [0.2, 0.25) is 5.02 Å². The zero-order valence-electron chi connectivity index (χ0n) is 24.5. The monoisotopic (exact) mass is 633 g/mol. The summed E-state index contributed by atoms with van der Waals surface area (Å²) >= 11 is 6.42. The van der Waals surface area contributed by atoms with E-state index in [4.69, 9.17) is 21.1 Å². The summed E-state index contributed by atoms with van der Waals surface area (Å²) in [6.07, 6.45) is -1.02. The SMILES string of the molecule is COc1ccc(C)cc1S(=O)(=O)N(CC(=O)N1C[C@H](C(=O)NCc2ccccc2)Oc2ccccc21)c1ccc(C)c(Cl)c1. The molecule has 9 nitrogen and oxygen atoms in total. The molecular formula is C33H32ClN3O6S. The lowest BCUT2D eigenvalue weighted by Gasteiger charge is -2.35. The van der Waals surface area contributed by atoms with Gasteiger partial charge in [0, 0.05) is 11.6 Å². The predicted molar refractivity (Wildman–Crippen MR) is 170 cm³/mol. The van der Waals surface area contributed by atoms with Gasteiger partial charge in [-0.2, -0.15) is 0 Å². The highest BCUT2D eigenvalue weighted by Crippen LogP contribution is 2.36. The highest BCUT2D eigenvalue weighted by atomic mass is 35.5. The summed E-state index contributed by atoms with van der Waals surface area (Å²) < 4.78 is 40.9. The zero-order valence-corrected chi connectivity index (χ0v) is 26.1. The fraction of sp³-hybridized carbons (Fsp3) is 0.212. The van der Waals surface area contributed by atoms with Crippen LogP contribution in [0.1, 0.15) is 16.7 Å². The Morgan fingerprint density at radius 1 is 1.00 bits per heavy atom. The summed E-state index contributed by atoms with van der Waals surface area (Å²) in [6, 6.07) is 25.9. The first kappa shape index (κ1) is 30.9. The number of amides is 2. The molecule has 1 aliphatic rings. The highest BCUT2D eigenvalue weighted by Gasteiger charge is 2.37. The zero-order chi connectivity index (χ0) is 31.4. The number of sulfonamides is 1. The number of fused-ring (bicyclic) bond motifs is 1. The van der Waals surface area contributed by atoms with E-state index in [1.165, 1.54) is 24.1 Å². The van der Waals surface area contributed by atoms with Crippen LogP contribution in [-0.4, -0.2) is 46.5 Å². The van der Waals surface area contributed by atoms with Gasteiger partial charge >= 0.3 is 0 Å². The normalized spacial score (nSPS) is 14.3. The lowest BCUT2D eigenvalue weighted by molar-refractivity contribution is -0.128. The molecule has 0 spiro atoms. The number of ether oxygens (including phenoxy) is 2. The van der Waals surface area contributed by atoms with Gasteiger partial charge in [0.15, 0.2) is 6.10 Å². The molecule has 0 bridgehead atoms. The van der Waals surface area contributed by atoms with Crippen molar-refractivity contribution >= 4 is 44.8 Å². The molecular weight excluding hydrogens is 602 g/mol. The largest absolute Gasteiger partial charge is 0.495 e. The van der Waals surface area contributed by atoms with Gasteiger partial charge in [0.25, 0.3) is 15.9 Å². The van der Waals surface area contributed by atoms with Crippen LogP contribution in [0.5, 0.6) is 11.5 Å². The number of carbonyl (C=O) groups is 2. The Morgan fingerprint density at radius 2 is 1.73 bits per heavy atom. The average molecular weight is 634 g/mol. The van der Waals surface area contributed by atoms with E-state index in [2.05, 4.69) is 5.32 Å². The molecule has 4 aromatic rings. The third-order valence-corrected chi connectivity index (χ3v) is 9.49. The van der Waals surface area contributed by atoms with E-state index in [-0.39, 0.29) is 29.4 Å². The number of aryl methyl sites for hydroxylation is 2. The lowest BCUT2D eigenvalue weighted by Crippen LogP contribution is -2.53. The lowest BCUT2D eigenvalue weighted by atomic mass is 10.1. The van der Waals surface area contributed by atoms with E-state index in [1.807, 2.05) is 30.3 Å². The molecule has 0 aromatic heterocycles.